The summed E-state index contributed by atoms with van der Waals surface area (Å²) < 4.78 is 11.2. The van der Waals surface area contributed by atoms with Crippen molar-refractivity contribution in [1.82, 2.24) is 4.57 Å². The van der Waals surface area contributed by atoms with Gasteiger partial charge in [0.2, 0.25) is 5.43 Å². The maximum atomic E-state index is 11.8. The van der Waals surface area contributed by atoms with Crippen LogP contribution in [-0.2, 0) is 11.3 Å². The fraction of sp³-hybridized carbons (Fsp3) is 0.538. The minimum Gasteiger partial charge on any atom is -0.487 e. The van der Waals surface area contributed by atoms with Gasteiger partial charge < -0.3 is 24.3 Å². The van der Waals surface area contributed by atoms with Crippen molar-refractivity contribution in [2.75, 3.05) is 13.7 Å². The second-order valence-corrected chi connectivity index (χ2v) is 4.18. The Labute approximate surface area is 116 Å². The summed E-state index contributed by atoms with van der Waals surface area (Å²) >= 11 is 0. The lowest BCUT2D eigenvalue weighted by atomic mass is 10.3. The van der Waals surface area contributed by atoms with Crippen molar-refractivity contribution in [3.05, 3.63) is 28.2 Å². The molecule has 1 heterocycles. The van der Waals surface area contributed by atoms with E-state index in [1.807, 2.05) is 6.92 Å². The van der Waals surface area contributed by atoms with Crippen LogP contribution >= 0.6 is 0 Å². The summed E-state index contributed by atoms with van der Waals surface area (Å²) in [5.41, 5.74) is -0.575. The summed E-state index contributed by atoms with van der Waals surface area (Å²) in [5.74, 6) is -0.900. The van der Waals surface area contributed by atoms with Crippen LogP contribution in [0.4, 0.5) is 0 Å². The van der Waals surface area contributed by atoms with Crippen molar-refractivity contribution in [2.24, 2.45) is 0 Å². The van der Waals surface area contributed by atoms with E-state index in [0.717, 1.165) is 12.8 Å². The zero-order chi connectivity index (χ0) is 15.1. The van der Waals surface area contributed by atoms with Crippen molar-refractivity contribution < 1.29 is 24.5 Å². The minimum absolute atomic E-state index is 0.121. The average molecular weight is 285 g/mol. The zero-order valence-corrected chi connectivity index (χ0v) is 11.5. The van der Waals surface area contributed by atoms with Gasteiger partial charge in [0.05, 0.1) is 20.3 Å². The van der Waals surface area contributed by atoms with Gasteiger partial charge >= 0.3 is 5.97 Å². The van der Waals surface area contributed by atoms with E-state index in [9.17, 15) is 9.59 Å². The van der Waals surface area contributed by atoms with Gasteiger partial charge in [0, 0.05) is 12.3 Å². The third kappa shape index (κ3) is 4.07. The Morgan fingerprint density at radius 1 is 1.45 bits per heavy atom. The predicted molar refractivity (Wildman–Crippen MR) is 70.7 cm³/mol. The van der Waals surface area contributed by atoms with Crippen LogP contribution in [0.25, 0.3) is 0 Å². The molecule has 0 aromatic carbocycles. The van der Waals surface area contributed by atoms with Crippen LogP contribution in [0.5, 0.6) is 5.75 Å². The molecule has 20 heavy (non-hydrogen) atoms. The molecule has 0 aliphatic carbocycles. The van der Waals surface area contributed by atoms with E-state index in [4.69, 9.17) is 14.9 Å². The molecule has 1 aromatic rings. The number of aliphatic hydroxyl groups is 2. The summed E-state index contributed by atoms with van der Waals surface area (Å²) in [6.07, 6.45) is 1.24. The summed E-state index contributed by atoms with van der Waals surface area (Å²) in [6, 6.07) is 1.20. The SMILES string of the molecule is CCCCOc1c(C(=O)OC)n(CC(O)O)ccc1=O. The molecule has 1 rings (SSSR count). The van der Waals surface area contributed by atoms with Gasteiger partial charge in [-0.2, -0.15) is 0 Å². The highest BCUT2D eigenvalue weighted by Crippen LogP contribution is 2.15. The maximum Gasteiger partial charge on any atom is 0.358 e. The fourth-order valence-corrected chi connectivity index (χ4v) is 1.65. The van der Waals surface area contributed by atoms with Gasteiger partial charge in [0.25, 0.3) is 0 Å². The molecule has 0 atom stereocenters. The molecule has 112 valence electrons. The second kappa shape index (κ2) is 7.66. The molecular formula is C13H19NO6. The van der Waals surface area contributed by atoms with Crippen LogP contribution in [0.1, 0.15) is 30.3 Å². The van der Waals surface area contributed by atoms with Crippen LogP contribution in [0.2, 0.25) is 0 Å². The lowest BCUT2D eigenvalue weighted by Crippen LogP contribution is -2.25. The molecule has 0 fully saturated rings. The monoisotopic (exact) mass is 285 g/mol. The lowest BCUT2D eigenvalue weighted by molar-refractivity contribution is -0.0518. The standard InChI is InChI=1S/C13H19NO6/c1-3-4-7-20-12-9(15)5-6-14(8-10(16)17)11(12)13(18)19-2/h5-6,10,16-17H,3-4,7-8H2,1-2H3. The van der Waals surface area contributed by atoms with Gasteiger partial charge in [0.1, 0.15) is 0 Å². The van der Waals surface area contributed by atoms with Crippen LogP contribution in [0.3, 0.4) is 0 Å². The number of ether oxygens (including phenoxy) is 2. The minimum atomic E-state index is -1.66. The molecule has 0 spiro atoms. The molecule has 0 amide bonds. The molecule has 0 aliphatic heterocycles. The number of carbonyl (C=O) groups is 1. The van der Waals surface area contributed by atoms with E-state index < -0.39 is 17.7 Å². The number of esters is 1. The Morgan fingerprint density at radius 2 is 2.15 bits per heavy atom. The number of hydrogen-bond acceptors (Lipinski definition) is 6. The summed E-state index contributed by atoms with van der Waals surface area (Å²) in [4.78, 5) is 23.6. The molecule has 0 saturated carbocycles. The zero-order valence-electron chi connectivity index (χ0n) is 11.5. The smallest absolute Gasteiger partial charge is 0.358 e. The first kappa shape index (κ1) is 16.2. The molecule has 7 heteroatoms. The number of carbonyl (C=O) groups excluding carboxylic acids is 1. The first-order chi connectivity index (χ1) is 9.51. The van der Waals surface area contributed by atoms with E-state index in [1.165, 1.54) is 23.9 Å². The number of nitrogens with zero attached hydrogens (tertiary/aromatic N) is 1. The molecule has 0 radical (unpaired) electrons. The second-order valence-electron chi connectivity index (χ2n) is 4.18. The fourth-order valence-electron chi connectivity index (χ4n) is 1.65. The van der Waals surface area contributed by atoms with E-state index >= 15 is 0 Å². The van der Waals surface area contributed by atoms with Crippen molar-refractivity contribution in [1.29, 1.82) is 0 Å². The molecule has 1 aromatic heterocycles. The van der Waals surface area contributed by atoms with Gasteiger partial charge in [-0.1, -0.05) is 13.3 Å². The predicted octanol–water partition coefficient (Wildman–Crippen LogP) is 0.125. The number of methoxy groups -OCH3 is 1. The largest absolute Gasteiger partial charge is 0.487 e. The normalized spacial score (nSPS) is 10.7. The topological polar surface area (TPSA) is 98.0 Å². The third-order valence-corrected chi connectivity index (χ3v) is 2.61. The first-order valence-electron chi connectivity index (χ1n) is 6.32. The van der Waals surface area contributed by atoms with E-state index in [2.05, 4.69) is 4.74 Å². The van der Waals surface area contributed by atoms with E-state index in [1.54, 1.807) is 0 Å². The molecule has 0 bridgehead atoms. The van der Waals surface area contributed by atoms with Crippen molar-refractivity contribution in [2.45, 2.75) is 32.6 Å². The van der Waals surface area contributed by atoms with Gasteiger partial charge in [-0.3, -0.25) is 4.79 Å². The average Bonchev–Trinajstić information content (AvgIpc) is 2.41. The van der Waals surface area contributed by atoms with Crippen LogP contribution < -0.4 is 10.2 Å². The van der Waals surface area contributed by atoms with Crippen molar-refractivity contribution in [3.63, 3.8) is 0 Å². The van der Waals surface area contributed by atoms with Gasteiger partial charge in [-0.05, 0) is 6.42 Å². The van der Waals surface area contributed by atoms with Crippen molar-refractivity contribution >= 4 is 5.97 Å². The summed E-state index contributed by atoms with van der Waals surface area (Å²) in [6.45, 7) is 1.99. The number of aromatic nitrogens is 1. The van der Waals surface area contributed by atoms with Crippen molar-refractivity contribution in [3.8, 4) is 5.75 Å². The number of pyridine rings is 1. The quantitative estimate of drug-likeness (QED) is 0.419. The molecule has 7 nitrogen and oxygen atoms in total. The van der Waals surface area contributed by atoms with E-state index in [0.29, 0.717) is 6.61 Å². The summed E-state index contributed by atoms with van der Waals surface area (Å²) in [7, 11) is 1.18. The molecule has 0 unspecified atom stereocenters. The van der Waals surface area contributed by atoms with E-state index in [-0.39, 0.29) is 18.0 Å². The summed E-state index contributed by atoms with van der Waals surface area (Å²) in [5, 5.41) is 18.0. The van der Waals surface area contributed by atoms with Gasteiger partial charge in [-0.15, -0.1) is 0 Å². The third-order valence-electron chi connectivity index (χ3n) is 2.61. The highest BCUT2D eigenvalue weighted by atomic mass is 16.5. The van der Waals surface area contributed by atoms with Gasteiger partial charge in [-0.25, -0.2) is 4.79 Å². The highest BCUT2D eigenvalue weighted by molar-refractivity contribution is 5.90. The highest BCUT2D eigenvalue weighted by Gasteiger charge is 2.21. The first-order valence-corrected chi connectivity index (χ1v) is 6.32. The molecule has 0 saturated heterocycles. The number of unbranched alkanes of at least 4 members (excludes halogenated alkanes) is 1. The Bertz CT molecular complexity index is 508. The van der Waals surface area contributed by atoms with Crippen LogP contribution in [0.15, 0.2) is 17.1 Å². The number of aliphatic hydroxyl groups excluding tert-OH is 1. The van der Waals surface area contributed by atoms with Gasteiger partial charge in [0.15, 0.2) is 17.7 Å². The molecule has 0 aliphatic rings. The maximum absolute atomic E-state index is 11.8. The Balaban J connectivity index is 3.23. The number of hydrogen-bond donors (Lipinski definition) is 2. The Hall–Kier alpha value is -1.86. The molecule has 2 N–H and O–H groups in total. The Morgan fingerprint density at radius 3 is 2.70 bits per heavy atom. The van der Waals surface area contributed by atoms with Crippen LogP contribution in [0, 0.1) is 0 Å². The lowest BCUT2D eigenvalue weighted by Gasteiger charge is -2.16. The number of rotatable bonds is 7. The molecular weight excluding hydrogens is 266 g/mol. The van der Waals surface area contributed by atoms with Crippen LogP contribution in [-0.4, -0.2) is 40.8 Å². The Kier molecular flexibility index (Phi) is 6.20.